The molecule has 7 heteroatoms. The Labute approximate surface area is 183 Å². The lowest BCUT2D eigenvalue weighted by molar-refractivity contribution is -0.123. The Balaban J connectivity index is 1.44. The van der Waals surface area contributed by atoms with Crippen molar-refractivity contribution in [2.24, 2.45) is 0 Å². The molecular weight excluding hydrogens is 388 g/mol. The molecule has 0 saturated carbocycles. The predicted octanol–water partition coefficient (Wildman–Crippen LogP) is 3.40. The van der Waals surface area contributed by atoms with Crippen LogP contribution >= 0.6 is 0 Å². The van der Waals surface area contributed by atoms with E-state index in [1.165, 1.54) is 11.1 Å². The molecule has 1 aliphatic rings. The molecule has 2 heterocycles. The molecular formula is C24H30N6O. The van der Waals surface area contributed by atoms with Crippen molar-refractivity contribution in [3.63, 3.8) is 0 Å². The SMILES string of the molecule is CCc1nn(CC(=O)NC(C)(C)C)cc1-c1cnc(NC2Cc3ccccc3C2)nc1. The van der Waals surface area contributed by atoms with Gasteiger partial charge in [0.1, 0.15) is 6.54 Å². The molecule has 162 valence electrons. The van der Waals surface area contributed by atoms with E-state index < -0.39 is 0 Å². The Morgan fingerprint density at radius 1 is 1.13 bits per heavy atom. The molecule has 0 bridgehead atoms. The molecule has 1 aliphatic carbocycles. The summed E-state index contributed by atoms with van der Waals surface area (Å²) in [7, 11) is 0. The van der Waals surface area contributed by atoms with E-state index in [4.69, 9.17) is 0 Å². The highest BCUT2D eigenvalue weighted by atomic mass is 16.2. The van der Waals surface area contributed by atoms with Crippen molar-refractivity contribution in [2.45, 2.75) is 65.1 Å². The molecule has 0 fully saturated rings. The highest BCUT2D eigenvalue weighted by molar-refractivity contribution is 5.76. The zero-order chi connectivity index (χ0) is 22.0. The molecule has 0 unspecified atom stereocenters. The molecule has 2 aromatic heterocycles. The van der Waals surface area contributed by atoms with Gasteiger partial charge in [0, 0.05) is 41.3 Å². The maximum Gasteiger partial charge on any atom is 0.242 e. The molecule has 2 N–H and O–H groups in total. The average molecular weight is 419 g/mol. The summed E-state index contributed by atoms with van der Waals surface area (Å²) in [6, 6.07) is 8.87. The van der Waals surface area contributed by atoms with Crippen LogP contribution in [0, 0.1) is 0 Å². The third-order valence-corrected chi connectivity index (χ3v) is 5.34. The van der Waals surface area contributed by atoms with Crippen molar-refractivity contribution in [1.29, 1.82) is 0 Å². The normalized spacial score (nSPS) is 13.8. The summed E-state index contributed by atoms with van der Waals surface area (Å²) in [5.41, 5.74) is 5.32. The van der Waals surface area contributed by atoms with Gasteiger partial charge in [0.15, 0.2) is 0 Å². The van der Waals surface area contributed by atoms with E-state index in [0.29, 0.717) is 12.0 Å². The summed E-state index contributed by atoms with van der Waals surface area (Å²) >= 11 is 0. The first kappa shape index (κ1) is 21.0. The Morgan fingerprint density at radius 2 is 1.77 bits per heavy atom. The van der Waals surface area contributed by atoms with Crippen LogP contribution in [0.5, 0.6) is 0 Å². The number of anilines is 1. The molecule has 0 spiro atoms. The Morgan fingerprint density at radius 3 is 2.35 bits per heavy atom. The van der Waals surface area contributed by atoms with E-state index >= 15 is 0 Å². The minimum Gasteiger partial charge on any atom is -0.351 e. The van der Waals surface area contributed by atoms with Crippen LogP contribution in [0.15, 0.2) is 42.9 Å². The minimum atomic E-state index is -0.266. The fraction of sp³-hybridized carbons (Fsp3) is 0.417. The van der Waals surface area contributed by atoms with Crippen LogP contribution < -0.4 is 10.6 Å². The predicted molar refractivity (Wildman–Crippen MR) is 122 cm³/mol. The second kappa shape index (κ2) is 8.49. The maximum atomic E-state index is 12.3. The van der Waals surface area contributed by atoms with Crippen LogP contribution in [-0.4, -0.2) is 37.2 Å². The van der Waals surface area contributed by atoms with Gasteiger partial charge in [-0.05, 0) is 51.2 Å². The molecule has 1 amide bonds. The fourth-order valence-electron chi connectivity index (χ4n) is 4.03. The van der Waals surface area contributed by atoms with Crippen molar-refractivity contribution in [3.05, 3.63) is 59.7 Å². The van der Waals surface area contributed by atoms with Crippen LogP contribution in [-0.2, 0) is 30.6 Å². The summed E-state index contributed by atoms with van der Waals surface area (Å²) in [6.45, 7) is 8.14. The fourth-order valence-corrected chi connectivity index (χ4v) is 4.03. The Bertz CT molecular complexity index is 1040. The lowest BCUT2D eigenvalue weighted by Crippen LogP contribution is -2.42. The third kappa shape index (κ3) is 5.10. The van der Waals surface area contributed by atoms with Crippen molar-refractivity contribution in [2.75, 3.05) is 5.32 Å². The van der Waals surface area contributed by atoms with Gasteiger partial charge in [-0.3, -0.25) is 9.48 Å². The second-order valence-corrected chi connectivity index (χ2v) is 9.15. The van der Waals surface area contributed by atoms with Gasteiger partial charge in [-0.25, -0.2) is 9.97 Å². The molecule has 0 saturated heterocycles. The quantitative estimate of drug-likeness (QED) is 0.641. The summed E-state index contributed by atoms with van der Waals surface area (Å²) in [5.74, 6) is 0.578. The van der Waals surface area contributed by atoms with E-state index in [0.717, 1.165) is 36.1 Å². The van der Waals surface area contributed by atoms with Gasteiger partial charge < -0.3 is 10.6 Å². The number of nitrogens with zero attached hydrogens (tertiary/aromatic N) is 4. The second-order valence-electron chi connectivity index (χ2n) is 9.15. The van der Waals surface area contributed by atoms with Gasteiger partial charge in [-0.2, -0.15) is 5.10 Å². The van der Waals surface area contributed by atoms with Gasteiger partial charge in [0.05, 0.1) is 5.69 Å². The highest BCUT2D eigenvalue weighted by Gasteiger charge is 2.21. The summed E-state index contributed by atoms with van der Waals surface area (Å²) in [6.07, 6.45) is 8.31. The highest BCUT2D eigenvalue weighted by Crippen LogP contribution is 2.25. The molecule has 4 rings (SSSR count). The van der Waals surface area contributed by atoms with Gasteiger partial charge >= 0.3 is 0 Å². The first-order valence-corrected chi connectivity index (χ1v) is 10.8. The average Bonchev–Trinajstić information content (AvgIpc) is 3.30. The van der Waals surface area contributed by atoms with E-state index in [1.54, 1.807) is 4.68 Å². The number of carbonyl (C=O) groups is 1. The van der Waals surface area contributed by atoms with E-state index in [-0.39, 0.29) is 18.0 Å². The monoisotopic (exact) mass is 418 g/mol. The molecule has 1 aromatic carbocycles. The standard InChI is InChI=1S/C24H30N6O/c1-5-21-20(14-30(29-21)15-22(31)28-24(2,3)4)18-12-25-23(26-13-18)27-19-10-16-8-6-7-9-17(16)11-19/h6-9,12-14,19H,5,10-11,15H2,1-4H3,(H,28,31)(H,25,26,27). The minimum absolute atomic E-state index is 0.0578. The maximum absolute atomic E-state index is 12.3. The summed E-state index contributed by atoms with van der Waals surface area (Å²) in [4.78, 5) is 21.3. The van der Waals surface area contributed by atoms with Crippen molar-refractivity contribution < 1.29 is 4.79 Å². The van der Waals surface area contributed by atoms with Crippen LogP contribution in [0.4, 0.5) is 5.95 Å². The van der Waals surface area contributed by atoms with Crippen LogP contribution in [0.1, 0.15) is 44.5 Å². The smallest absolute Gasteiger partial charge is 0.242 e. The van der Waals surface area contributed by atoms with Gasteiger partial charge in [-0.1, -0.05) is 31.2 Å². The topological polar surface area (TPSA) is 84.7 Å². The zero-order valence-electron chi connectivity index (χ0n) is 18.6. The number of nitrogens with one attached hydrogen (secondary N) is 2. The summed E-state index contributed by atoms with van der Waals surface area (Å²) < 4.78 is 1.69. The number of aryl methyl sites for hydroxylation is 1. The van der Waals surface area contributed by atoms with E-state index in [2.05, 4.69) is 56.9 Å². The molecule has 0 aliphatic heterocycles. The number of carbonyl (C=O) groups excluding carboxylic acids is 1. The van der Waals surface area contributed by atoms with E-state index in [1.807, 2.05) is 39.4 Å². The lowest BCUT2D eigenvalue weighted by atomic mass is 10.1. The first-order chi connectivity index (χ1) is 14.8. The van der Waals surface area contributed by atoms with Crippen LogP contribution in [0.25, 0.3) is 11.1 Å². The molecule has 7 nitrogen and oxygen atoms in total. The zero-order valence-corrected chi connectivity index (χ0v) is 18.6. The molecule has 0 radical (unpaired) electrons. The van der Waals surface area contributed by atoms with Gasteiger partial charge in [-0.15, -0.1) is 0 Å². The van der Waals surface area contributed by atoms with Crippen LogP contribution in [0.2, 0.25) is 0 Å². The number of rotatable bonds is 6. The largest absolute Gasteiger partial charge is 0.351 e. The number of hydrogen-bond acceptors (Lipinski definition) is 5. The number of fused-ring (bicyclic) bond motifs is 1. The number of hydrogen-bond donors (Lipinski definition) is 2. The van der Waals surface area contributed by atoms with Crippen molar-refractivity contribution >= 4 is 11.9 Å². The third-order valence-electron chi connectivity index (χ3n) is 5.34. The molecule has 3 aromatic rings. The van der Waals surface area contributed by atoms with Crippen molar-refractivity contribution in [3.8, 4) is 11.1 Å². The van der Waals surface area contributed by atoms with Gasteiger partial charge in [0.25, 0.3) is 0 Å². The molecule has 0 atom stereocenters. The lowest BCUT2D eigenvalue weighted by Gasteiger charge is -2.20. The Hall–Kier alpha value is -3.22. The van der Waals surface area contributed by atoms with Crippen molar-refractivity contribution in [1.82, 2.24) is 25.1 Å². The number of aromatic nitrogens is 4. The molecule has 31 heavy (non-hydrogen) atoms. The van der Waals surface area contributed by atoms with Gasteiger partial charge in [0.2, 0.25) is 11.9 Å². The Kier molecular flexibility index (Phi) is 5.76. The number of amides is 1. The van der Waals surface area contributed by atoms with E-state index in [9.17, 15) is 4.79 Å². The van der Waals surface area contributed by atoms with Crippen LogP contribution in [0.3, 0.4) is 0 Å². The first-order valence-electron chi connectivity index (χ1n) is 10.8. The summed E-state index contributed by atoms with van der Waals surface area (Å²) in [5, 5.41) is 11.0. The number of benzene rings is 1.